The second-order valence-electron chi connectivity index (χ2n) is 7.35. The third-order valence-corrected chi connectivity index (χ3v) is 8.17. The van der Waals surface area contributed by atoms with Gasteiger partial charge in [0.05, 0.1) is 41.8 Å². The van der Waals surface area contributed by atoms with Gasteiger partial charge in [-0.3, -0.25) is 9.59 Å². The number of hydrogen-bond acceptors (Lipinski definition) is 8. The summed E-state index contributed by atoms with van der Waals surface area (Å²) in [6.45, 7) is 1.79. The lowest BCUT2D eigenvalue weighted by Crippen LogP contribution is -2.21. The predicted molar refractivity (Wildman–Crippen MR) is 120 cm³/mol. The lowest BCUT2D eigenvalue weighted by Gasteiger charge is -2.13. The minimum absolute atomic E-state index is 0.0254. The summed E-state index contributed by atoms with van der Waals surface area (Å²) in [5.74, 6) is 0.188. The summed E-state index contributed by atoms with van der Waals surface area (Å²) in [5.41, 5.74) is 1.24. The highest BCUT2D eigenvalue weighted by atomic mass is 32.2. The first-order valence-electron chi connectivity index (χ1n) is 9.60. The van der Waals surface area contributed by atoms with Gasteiger partial charge in [-0.2, -0.15) is 5.10 Å². The maximum atomic E-state index is 12.5. The monoisotopic (exact) mass is 479 g/mol. The van der Waals surface area contributed by atoms with E-state index in [4.69, 9.17) is 0 Å². The fourth-order valence-corrected chi connectivity index (χ4v) is 6.51. The Balaban J connectivity index is 1.35. The van der Waals surface area contributed by atoms with Crippen molar-refractivity contribution in [2.45, 2.75) is 32.2 Å². The molecule has 1 atom stereocenters. The predicted octanol–water partition coefficient (Wildman–Crippen LogP) is 2.43. The zero-order valence-electron chi connectivity index (χ0n) is 16.7. The third-order valence-electron chi connectivity index (χ3n) is 4.73. The molecule has 12 heteroatoms. The van der Waals surface area contributed by atoms with Crippen LogP contribution >= 0.6 is 22.7 Å². The van der Waals surface area contributed by atoms with Gasteiger partial charge in [-0.15, -0.1) is 22.7 Å². The molecule has 1 saturated heterocycles. The van der Waals surface area contributed by atoms with Crippen molar-refractivity contribution >= 4 is 55.3 Å². The Labute approximate surface area is 187 Å². The molecule has 9 nitrogen and oxygen atoms in total. The molecule has 31 heavy (non-hydrogen) atoms. The van der Waals surface area contributed by atoms with Gasteiger partial charge in [0.15, 0.2) is 15.0 Å². The average molecular weight is 480 g/mol. The number of aromatic nitrogens is 3. The number of thiazole rings is 1. The number of carbonyl (C=O) groups excluding carboxylic acids is 2. The van der Waals surface area contributed by atoms with Gasteiger partial charge >= 0.3 is 0 Å². The molecular formula is C19H21N5O4S3. The van der Waals surface area contributed by atoms with Crippen LogP contribution < -0.4 is 10.6 Å². The first-order chi connectivity index (χ1) is 14.8. The largest absolute Gasteiger partial charge is 0.311 e. The number of sulfone groups is 1. The number of nitrogens with zero attached hydrogens (tertiary/aromatic N) is 3. The summed E-state index contributed by atoms with van der Waals surface area (Å²) in [5, 5.41) is 14.0. The van der Waals surface area contributed by atoms with Crippen molar-refractivity contribution < 1.29 is 18.0 Å². The van der Waals surface area contributed by atoms with Crippen LogP contribution in [0.5, 0.6) is 0 Å². The Morgan fingerprint density at radius 3 is 2.74 bits per heavy atom. The summed E-state index contributed by atoms with van der Waals surface area (Å²) in [6, 6.07) is 5.24. The third kappa shape index (κ3) is 5.57. The van der Waals surface area contributed by atoms with Gasteiger partial charge in [0, 0.05) is 16.3 Å². The highest BCUT2D eigenvalue weighted by Crippen LogP contribution is 2.27. The van der Waals surface area contributed by atoms with Crippen LogP contribution in [0.25, 0.3) is 0 Å². The summed E-state index contributed by atoms with van der Waals surface area (Å²) in [6.07, 6.45) is 0.796. The first-order valence-corrected chi connectivity index (χ1v) is 13.2. The van der Waals surface area contributed by atoms with Gasteiger partial charge in [-0.1, -0.05) is 6.07 Å². The molecule has 4 rings (SSSR count). The molecule has 3 aromatic rings. The van der Waals surface area contributed by atoms with Crippen molar-refractivity contribution in [3.05, 3.63) is 45.2 Å². The standard InChI is InChI=1S/C19H21N5O4S3/c1-12-7-16(24(23-12)14-4-6-31(27,28)11-14)21-17(25)8-13-10-30-19(20-13)22-18(26)9-15-3-2-5-29-15/h2-3,5,7,10,14H,4,6,8-9,11H2,1H3,(H,21,25)(H,20,22,26). The maximum absolute atomic E-state index is 12.5. The van der Waals surface area contributed by atoms with E-state index >= 15 is 0 Å². The lowest BCUT2D eigenvalue weighted by molar-refractivity contribution is -0.116. The first kappa shape index (κ1) is 21.7. The van der Waals surface area contributed by atoms with Crippen molar-refractivity contribution in [2.24, 2.45) is 0 Å². The normalized spacial score (nSPS) is 17.5. The summed E-state index contributed by atoms with van der Waals surface area (Å²) in [4.78, 5) is 29.9. The Hall–Kier alpha value is -2.57. The molecule has 0 radical (unpaired) electrons. The van der Waals surface area contributed by atoms with E-state index in [9.17, 15) is 18.0 Å². The van der Waals surface area contributed by atoms with E-state index in [0.717, 1.165) is 4.88 Å². The molecule has 0 bridgehead atoms. The van der Waals surface area contributed by atoms with Crippen LogP contribution in [-0.4, -0.2) is 46.5 Å². The zero-order chi connectivity index (χ0) is 22.0. The van der Waals surface area contributed by atoms with E-state index in [1.54, 1.807) is 23.1 Å². The lowest BCUT2D eigenvalue weighted by atomic mass is 10.2. The molecule has 0 aliphatic carbocycles. The fraction of sp³-hybridized carbons (Fsp3) is 0.368. The Morgan fingerprint density at radius 1 is 1.23 bits per heavy atom. The number of hydrogen-bond donors (Lipinski definition) is 2. The minimum Gasteiger partial charge on any atom is -0.311 e. The van der Waals surface area contributed by atoms with Crippen LogP contribution in [-0.2, 0) is 32.3 Å². The van der Waals surface area contributed by atoms with Gasteiger partial charge in [0.2, 0.25) is 11.8 Å². The summed E-state index contributed by atoms with van der Waals surface area (Å²) >= 11 is 2.78. The Bertz CT molecular complexity index is 1200. The fourth-order valence-electron chi connectivity index (χ4n) is 3.39. The molecule has 2 amide bonds. The molecule has 1 fully saturated rings. The van der Waals surface area contributed by atoms with Crippen molar-refractivity contribution in [3.63, 3.8) is 0 Å². The van der Waals surface area contributed by atoms with Crippen LogP contribution in [0.15, 0.2) is 29.0 Å². The SMILES string of the molecule is Cc1cc(NC(=O)Cc2csc(NC(=O)Cc3cccs3)n2)n(C2CCS(=O)(=O)C2)n1. The number of nitrogens with one attached hydrogen (secondary N) is 2. The quantitative estimate of drug-likeness (QED) is 0.537. The van der Waals surface area contributed by atoms with E-state index in [0.29, 0.717) is 28.8 Å². The topological polar surface area (TPSA) is 123 Å². The smallest absolute Gasteiger partial charge is 0.231 e. The van der Waals surface area contributed by atoms with Crippen LogP contribution in [0.3, 0.4) is 0 Å². The van der Waals surface area contributed by atoms with Crippen molar-refractivity contribution in [1.82, 2.24) is 14.8 Å². The van der Waals surface area contributed by atoms with Crippen molar-refractivity contribution in [3.8, 4) is 0 Å². The highest BCUT2D eigenvalue weighted by Gasteiger charge is 2.31. The van der Waals surface area contributed by atoms with Crippen molar-refractivity contribution in [2.75, 3.05) is 22.1 Å². The van der Waals surface area contributed by atoms with Gasteiger partial charge in [-0.05, 0) is 24.8 Å². The number of amides is 2. The number of anilines is 2. The number of rotatable bonds is 7. The zero-order valence-corrected chi connectivity index (χ0v) is 19.1. The van der Waals surface area contributed by atoms with Crippen molar-refractivity contribution in [1.29, 1.82) is 0 Å². The summed E-state index contributed by atoms with van der Waals surface area (Å²) in [7, 11) is -3.07. The van der Waals surface area contributed by atoms with Crippen LogP contribution in [0.1, 0.15) is 28.7 Å². The second kappa shape index (κ2) is 8.89. The maximum Gasteiger partial charge on any atom is 0.231 e. The molecule has 1 aliphatic heterocycles. The van der Waals surface area contributed by atoms with Gasteiger partial charge in [0.1, 0.15) is 5.82 Å². The molecule has 4 heterocycles. The molecule has 164 valence electrons. The molecule has 1 aliphatic rings. The molecule has 0 saturated carbocycles. The van der Waals surface area contributed by atoms with E-state index < -0.39 is 9.84 Å². The van der Waals surface area contributed by atoms with Gasteiger partial charge < -0.3 is 10.6 Å². The second-order valence-corrected chi connectivity index (χ2v) is 11.5. The van der Waals surface area contributed by atoms with E-state index in [2.05, 4.69) is 20.7 Å². The summed E-state index contributed by atoms with van der Waals surface area (Å²) < 4.78 is 25.2. The number of carbonyl (C=O) groups is 2. The molecule has 0 aromatic carbocycles. The number of thiophene rings is 1. The Morgan fingerprint density at radius 2 is 2.03 bits per heavy atom. The Kier molecular flexibility index (Phi) is 6.21. The van der Waals surface area contributed by atoms with Gasteiger partial charge in [0.25, 0.3) is 0 Å². The molecule has 0 spiro atoms. The average Bonchev–Trinajstić information content (AvgIpc) is 3.45. The van der Waals surface area contributed by atoms with E-state index in [-0.39, 0.29) is 42.2 Å². The molecule has 3 aromatic heterocycles. The van der Waals surface area contributed by atoms with Crippen LogP contribution in [0.2, 0.25) is 0 Å². The number of aryl methyl sites for hydroxylation is 1. The van der Waals surface area contributed by atoms with Crippen LogP contribution in [0, 0.1) is 6.92 Å². The highest BCUT2D eigenvalue weighted by molar-refractivity contribution is 7.91. The minimum atomic E-state index is -3.07. The van der Waals surface area contributed by atoms with Crippen LogP contribution in [0.4, 0.5) is 10.9 Å². The van der Waals surface area contributed by atoms with Gasteiger partial charge in [-0.25, -0.2) is 18.1 Å². The van der Waals surface area contributed by atoms with E-state index in [1.165, 1.54) is 22.7 Å². The van der Waals surface area contributed by atoms with E-state index in [1.807, 2.05) is 17.5 Å². The molecule has 2 N–H and O–H groups in total. The molecule has 1 unspecified atom stereocenters. The molecular weight excluding hydrogens is 458 g/mol.